The molecule has 3 nitrogen and oxygen atoms in total. The smallest absolute Gasteiger partial charge is 0.135 e. The zero-order valence-electron chi connectivity index (χ0n) is 11.5. The van der Waals surface area contributed by atoms with E-state index in [-0.39, 0.29) is 0 Å². The predicted octanol–water partition coefficient (Wildman–Crippen LogP) is 3.77. The van der Waals surface area contributed by atoms with Crippen LogP contribution in [0.15, 0.2) is 24.3 Å². The Hall–Kier alpha value is -1.61. The monoisotopic (exact) mass is 275 g/mol. The van der Waals surface area contributed by atoms with E-state index in [1.807, 2.05) is 38.1 Å². The number of benzene rings is 1. The van der Waals surface area contributed by atoms with Gasteiger partial charge in [-0.15, -0.1) is 0 Å². The van der Waals surface area contributed by atoms with Crippen LogP contribution in [-0.2, 0) is 6.42 Å². The van der Waals surface area contributed by atoms with Crippen LogP contribution in [0.3, 0.4) is 0 Å². The van der Waals surface area contributed by atoms with Crippen LogP contribution in [0.5, 0.6) is 0 Å². The van der Waals surface area contributed by atoms with Crippen molar-refractivity contribution in [3.05, 3.63) is 51.9 Å². The van der Waals surface area contributed by atoms with Crippen molar-refractivity contribution in [3.63, 3.8) is 0 Å². The molecule has 0 unspecified atom stereocenters. The Morgan fingerprint density at radius 3 is 2.58 bits per heavy atom. The molecule has 0 fully saturated rings. The molecule has 1 N–H and O–H groups in total. The van der Waals surface area contributed by atoms with Crippen molar-refractivity contribution in [1.82, 2.24) is 9.97 Å². The van der Waals surface area contributed by atoms with Gasteiger partial charge in [0.25, 0.3) is 0 Å². The maximum atomic E-state index is 6.17. The minimum absolute atomic E-state index is 0.652. The zero-order chi connectivity index (χ0) is 13.8. The first-order chi connectivity index (χ1) is 9.11. The normalized spacial score (nSPS) is 10.5. The van der Waals surface area contributed by atoms with Crippen LogP contribution >= 0.6 is 11.6 Å². The zero-order valence-corrected chi connectivity index (χ0v) is 12.3. The maximum absolute atomic E-state index is 6.17. The molecule has 0 atom stereocenters. The van der Waals surface area contributed by atoms with Crippen molar-refractivity contribution in [2.45, 2.75) is 27.2 Å². The lowest BCUT2D eigenvalue weighted by Crippen LogP contribution is -2.08. The Bertz CT molecular complexity index is 582. The topological polar surface area (TPSA) is 37.8 Å². The van der Waals surface area contributed by atoms with Gasteiger partial charge in [-0.25, -0.2) is 9.97 Å². The Kier molecular flexibility index (Phi) is 4.38. The fourth-order valence-corrected chi connectivity index (χ4v) is 2.12. The second kappa shape index (κ2) is 6.02. The van der Waals surface area contributed by atoms with Gasteiger partial charge in [-0.05, 0) is 32.4 Å². The summed E-state index contributed by atoms with van der Waals surface area (Å²) in [6, 6.07) is 7.81. The summed E-state index contributed by atoms with van der Waals surface area (Å²) in [7, 11) is 0. The van der Waals surface area contributed by atoms with E-state index in [9.17, 15) is 0 Å². The van der Waals surface area contributed by atoms with Crippen molar-refractivity contribution in [2.75, 3.05) is 11.9 Å². The second-order valence-electron chi connectivity index (χ2n) is 4.50. The van der Waals surface area contributed by atoms with Crippen LogP contribution in [0, 0.1) is 13.8 Å². The summed E-state index contributed by atoms with van der Waals surface area (Å²) in [6.07, 6.45) is 0.652. The molecule has 0 saturated heterocycles. The van der Waals surface area contributed by atoms with E-state index in [0.29, 0.717) is 6.42 Å². The van der Waals surface area contributed by atoms with Gasteiger partial charge in [-0.1, -0.05) is 29.8 Å². The molecule has 1 aromatic heterocycles. The third-order valence-electron chi connectivity index (χ3n) is 3.09. The minimum Gasteiger partial charge on any atom is -0.370 e. The Morgan fingerprint density at radius 2 is 1.89 bits per heavy atom. The summed E-state index contributed by atoms with van der Waals surface area (Å²) in [5, 5.41) is 4.03. The molecule has 0 aliphatic carbocycles. The number of aryl methyl sites for hydroxylation is 1. The quantitative estimate of drug-likeness (QED) is 0.923. The molecule has 0 bridgehead atoms. The summed E-state index contributed by atoms with van der Waals surface area (Å²) in [6.45, 7) is 6.95. The second-order valence-corrected chi connectivity index (χ2v) is 4.90. The van der Waals surface area contributed by atoms with Gasteiger partial charge >= 0.3 is 0 Å². The summed E-state index contributed by atoms with van der Waals surface area (Å²) < 4.78 is 0. The highest BCUT2D eigenvalue weighted by Crippen LogP contribution is 2.20. The molecule has 0 spiro atoms. The number of hydrogen-bond acceptors (Lipinski definition) is 3. The summed E-state index contributed by atoms with van der Waals surface area (Å²) in [5.41, 5.74) is 3.16. The molecule has 0 aliphatic rings. The third kappa shape index (κ3) is 3.24. The van der Waals surface area contributed by atoms with Gasteiger partial charge in [0, 0.05) is 29.2 Å². The van der Waals surface area contributed by atoms with E-state index in [2.05, 4.69) is 22.2 Å². The van der Waals surface area contributed by atoms with Crippen LogP contribution in [-0.4, -0.2) is 16.5 Å². The van der Waals surface area contributed by atoms with Gasteiger partial charge in [-0.2, -0.15) is 0 Å². The van der Waals surface area contributed by atoms with Gasteiger partial charge in [-0.3, -0.25) is 0 Å². The van der Waals surface area contributed by atoms with Crippen molar-refractivity contribution in [2.24, 2.45) is 0 Å². The average molecular weight is 276 g/mol. The molecule has 19 heavy (non-hydrogen) atoms. The fraction of sp³-hybridized carbons (Fsp3) is 0.333. The average Bonchev–Trinajstić information content (AvgIpc) is 2.38. The van der Waals surface area contributed by atoms with E-state index in [1.54, 1.807) is 0 Å². The number of anilines is 1. The van der Waals surface area contributed by atoms with Gasteiger partial charge in [0.1, 0.15) is 11.6 Å². The van der Waals surface area contributed by atoms with Crippen LogP contribution in [0.25, 0.3) is 0 Å². The molecule has 4 heteroatoms. The molecule has 1 heterocycles. The summed E-state index contributed by atoms with van der Waals surface area (Å²) >= 11 is 6.17. The molecule has 100 valence electrons. The molecule has 1 aromatic carbocycles. The minimum atomic E-state index is 0.652. The predicted molar refractivity (Wildman–Crippen MR) is 79.9 cm³/mol. The highest BCUT2D eigenvalue weighted by atomic mass is 35.5. The van der Waals surface area contributed by atoms with Gasteiger partial charge in [0.2, 0.25) is 0 Å². The summed E-state index contributed by atoms with van der Waals surface area (Å²) in [5.74, 6) is 1.71. The molecule has 0 aliphatic heterocycles. The van der Waals surface area contributed by atoms with E-state index < -0.39 is 0 Å². The van der Waals surface area contributed by atoms with Crippen molar-refractivity contribution in [1.29, 1.82) is 0 Å². The van der Waals surface area contributed by atoms with Crippen molar-refractivity contribution >= 4 is 17.4 Å². The lowest BCUT2D eigenvalue weighted by molar-refractivity contribution is 0.923. The van der Waals surface area contributed by atoms with Gasteiger partial charge in [0.05, 0.1) is 0 Å². The molecule has 2 aromatic rings. The van der Waals surface area contributed by atoms with E-state index >= 15 is 0 Å². The molecular formula is C15H18ClN3. The Morgan fingerprint density at radius 1 is 1.16 bits per heavy atom. The first-order valence-corrected chi connectivity index (χ1v) is 6.81. The van der Waals surface area contributed by atoms with Crippen LogP contribution in [0.2, 0.25) is 5.02 Å². The molecule has 0 radical (unpaired) electrons. The van der Waals surface area contributed by atoms with Gasteiger partial charge in [0.15, 0.2) is 0 Å². The first kappa shape index (κ1) is 13.8. The molecule has 0 saturated carbocycles. The number of aromatic nitrogens is 2. The SMILES string of the molecule is CCNc1nc(Cc2ccccc2Cl)nc(C)c1C. The lowest BCUT2D eigenvalue weighted by atomic mass is 10.1. The van der Waals surface area contributed by atoms with Crippen LogP contribution < -0.4 is 5.32 Å². The largest absolute Gasteiger partial charge is 0.370 e. The lowest BCUT2D eigenvalue weighted by Gasteiger charge is -2.11. The molecule has 0 amide bonds. The third-order valence-corrected chi connectivity index (χ3v) is 3.45. The van der Waals surface area contributed by atoms with Crippen LogP contribution in [0.4, 0.5) is 5.82 Å². The Labute approximate surface area is 119 Å². The fourth-order valence-electron chi connectivity index (χ4n) is 1.92. The standard InChI is InChI=1S/C15H18ClN3/c1-4-17-15-10(2)11(3)18-14(19-15)9-12-7-5-6-8-13(12)16/h5-8H,4,9H2,1-3H3,(H,17,18,19). The van der Waals surface area contributed by atoms with Crippen molar-refractivity contribution < 1.29 is 0 Å². The number of nitrogens with one attached hydrogen (secondary N) is 1. The van der Waals surface area contributed by atoms with E-state index in [4.69, 9.17) is 11.6 Å². The first-order valence-electron chi connectivity index (χ1n) is 6.43. The highest BCUT2D eigenvalue weighted by molar-refractivity contribution is 6.31. The Balaban J connectivity index is 2.33. The number of halogens is 1. The number of nitrogens with zero attached hydrogens (tertiary/aromatic N) is 2. The van der Waals surface area contributed by atoms with Crippen molar-refractivity contribution in [3.8, 4) is 0 Å². The number of rotatable bonds is 4. The van der Waals surface area contributed by atoms with E-state index in [1.165, 1.54) is 0 Å². The van der Waals surface area contributed by atoms with E-state index in [0.717, 1.165) is 40.0 Å². The highest BCUT2D eigenvalue weighted by Gasteiger charge is 2.09. The number of hydrogen-bond donors (Lipinski definition) is 1. The molecule has 2 rings (SSSR count). The summed E-state index contributed by atoms with van der Waals surface area (Å²) in [4.78, 5) is 9.12. The molecular weight excluding hydrogens is 258 g/mol. The maximum Gasteiger partial charge on any atom is 0.135 e. The van der Waals surface area contributed by atoms with Gasteiger partial charge < -0.3 is 5.32 Å². The van der Waals surface area contributed by atoms with Crippen LogP contribution in [0.1, 0.15) is 29.6 Å².